The highest BCUT2D eigenvalue weighted by Gasteiger charge is 2.30. The van der Waals surface area contributed by atoms with Crippen molar-refractivity contribution < 1.29 is 4.79 Å². The molecule has 1 unspecified atom stereocenters. The maximum absolute atomic E-state index is 12.2. The molecular weight excluding hydrogens is 260 g/mol. The first-order valence-electron chi connectivity index (χ1n) is 7.85. The molecule has 1 fully saturated rings. The maximum Gasteiger partial charge on any atom is 0.224 e. The predicted octanol–water partition coefficient (Wildman–Crippen LogP) is 3.04. The fraction of sp³-hybridized carbons (Fsp3) is 0.611. The average molecular weight is 288 g/mol. The van der Waals surface area contributed by atoms with E-state index in [1.165, 1.54) is 16.7 Å². The van der Waals surface area contributed by atoms with Crippen LogP contribution >= 0.6 is 0 Å². The Balaban J connectivity index is 1.93. The second kappa shape index (κ2) is 6.18. The lowest BCUT2D eigenvalue weighted by atomic mass is 10.0. The lowest BCUT2D eigenvalue weighted by molar-refractivity contribution is -0.126. The van der Waals surface area contributed by atoms with E-state index < -0.39 is 0 Å². The van der Waals surface area contributed by atoms with E-state index in [2.05, 4.69) is 42.3 Å². The maximum atomic E-state index is 12.2. The first-order chi connectivity index (χ1) is 9.74. The summed E-state index contributed by atoms with van der Waals surface area (Å²) in [7, 11) is 0. The molecule has 1 atom stereocenters. The quantitative estimate of drug-likeness (QED) is 0.927. The Bertz CT molecular complexity index is 516. The number of amides is 1. The number of aryl methyl sites for hydroxylation is 2. The van der Waals surface area contributed by atoms with Crippen molar-refractivity contribution in [3.8, 4) is 0 Å². The zero-order valence-corrected chi connectivity index (χ0v) is 14.0. The molecule has 1 aromatic rings. The van der Waals surface area contributed by atoms with Crippen LogP contribution in [0, 0.1) is 19.8 Å². The summed E-state index contributed by atoms with van der Waals surface area (Å²) >= 11 is 0. The third-order valence-electron chi connectivity index (χ3n) is 4.04. The van der Waals surface area contributed by atoms with E-state index in [9.17, 15) is 4.79 Å². The van der Waals surface area contributed by atoms with E-state index in [1.54, 1.807) is 0 Å². The number of nitrogens with zero attached hydrogens (tertiary/aromatic N) is 1. The molecule has 0 aromatic heterocycles. The molecule has 1 saturated heterocycles. The summed E-state index contributed by atoms with van der Waals surface area (Å²) in [6.07, 6.45) is 0.965. The molecule has 21 heavy (non-hydrogen) atoms. The fourth-order valence-corrected chi connectivity index (χ4v) is 2.87. The van der Waals surface area contributed by atoms with Crippen LogP contribution in [0.15, 0.2) is 18.2 Å². The van der Waals surface area contributed by atoms with Gasteiger partial charge in [0.15, 0.2) is 0 Å². The van der Waals surface area contributed by atoms with Gasteiger partial charge in [-0.15, -0.1) is 0 Å². The van der Waals surface area contributed by atoms with Crippen LogP contribution in [-0.2, 0) is 11.3 Å². The number of hydrogen-bond donors (Lipinski definition) is 1. The molecule has 3 heteroatoms. The van der Waals surface area contributed by atoms with Crippen molar-refractivity contribution in [3.63, 3.8) is 0 Å². The van der Waals surface area contributed by atoms with E-state index >= 15 is 0 Å². The molecule has 1 amide bonds. The van der Waals surface area contributed by atoms with Gasteiger partial charge in [-0.05, 0) is 58.7 Å². The normalized spacial score (nSPS) is 19.8. The van der Waals surface area contributed by atoms with Gasteiger partial charge in [0.1, 0.15) is 0 Å². The molecule has 0 aliphatic carbocycles. The number of carbonyl (C=O) groups is 1. The van der Waals surface area contributed by atoms with Gasteiger partial charge in [-0.2, -0.15) is 0 Å². The Morgan fingerprint density at radius 3 is 2.71 bits per heavy atom. The molecule has 0 bridgehead atoms. The van der Waals surface area contributed by atoms with Crippen molar-refractivity contribution in [2.75, 3.05) is 13.1 Å². The summed E-state index contributed by atoms with van der Waals surface area (Å²) in [5, 5.41) is 3.10. The zero-order chi connectivity index (χ0) is 15.6. The molecule has 3 nitrogen and oxygen atoms in total. The lowest BCUT2D eigenvalue weighted by Crippen LogP contribution is -2.44. The largest absolute Gasteiger partial charge is 0.351 e. The number of carbonyl (C=O) groups excluding carboxylic acids is 1. The van der Waals surface area contributed by atoms with Gasteiger partial charge in [0, 0.05) is 18.6 Å². The standard InChI is InChI=1S/C18H28N2O/c1-13-6-7-14(2)16(10-13)12-20-9-8-15(11-20)17(21)19-18(3,4)5/h6-7,10,15H,8-9,11-12H2,1-5H3,(H,19,21). The van der Waals surface area contributed by atoms with Crippen molar-refractivity contribution >= 4 is 5.91 Å². The van der Waals surface area contributed by atoms with Crippen molar-refractivity contribution in [1.29, 1.82) is 0 Å². The van der Waals surface area contributed by atoms with Gasteiger partial charge in [0.2, 0.25) is 5.91 Å². The highest BCUT2D eigenvalue weighted by Crippen LogP contribution is 2.21. The van der Waals surface area contributed by atoms with E-state index in [0.29, 0.717) is 0 Å². The minimum atomic E-state index is -0.141. The van der Waals surface area contributed by atoms with E-state index in [-0.39, 0.29) is 17.4 Å². The molecular formula is C18H28N2O. The van der Waals surface area contributed by atoms with E-state index in [0.717, 1.165) is 26.1 Å². The Morgan fingerprint density at radius 1 is 1.33 bits per heavy atom. The van der Waals surface area contributed by atoms with Crippen LogP contribution in [0.3, 0.4) is 0 Å². The van der Waals surface area contributed by atoms with Crippen LogP contribution in [0.25, 0.3) is 0 Å². The van der Waals surface area contributed by atoms with Crippen LogP contribution < -0.4 is 5.32 Å². The minimum absolute atomic E-state index is 0.134. The van der Waals surface area contributed by atoms with Crippen LogP contribution in [-0.4, -0.2) is 29.4 Å². The van der Waals surface area contributed by atoms with Gasteiger partial charge in [-0.1, -0.05) is 23.8 Å². The van der Waals surface area contributed by atoms with Crippen molar-refractivity contribution in [2.45, 2.75) is 53.1 Å². The molecule has 0 spiro atoms. The highest BCUT2D eigenvalue weighted by molar-refractivity contribution is 5.79. The Labute approximate surface area is 128 Å². The second-order valence-electron chi connectivity index (χ2n) is 7.39. The second-order valence-corrected chi connectivity index (χ2v) is 7.39. The van der Waals surface area contributed by atoms with E-state index in [4.69, 9.17) is 0 Å². The summed E-state index contributed by atoms with van der Waals surface area (Å²) in [6, 6.07) is 6.60. The van der Waals surface area contributed by atoms with Crippen molar-refractivity contribution in [3.05, 3.63) is 34.9 Å². The van der Waals surface area contributed by atoms with Gasteiger partial charge in [0.25, 0.3) is 0 Å². The molecule has 1 heterocycles. The van der Waals surface area contributed by atoms with Crippen molar-refractivity contribution in [1.82, 2.24) is 10.2 Å². The number of rotatable bonds is 3. The topological polar surface area (TPSA) is 32.3 Å². The molecule has 1 aliphatic heterocycles. The molecule has 116 valence electrons. The van der Waals surface area contributed by atoms with E-state index in [1.807, 2.05) is 20.8 Å². The third-order valence-corrected chi connectivity index (χ3v) is 4.04. The number of hydrogen-bond acceptors (Lipinski definition) is 2. The van der Waals surface area contributed by atoms with Gasteiger partial charge < -0.3 is 5.32 Å². The molecule has 2 rings (SSSR count). The average Bonchev–Trinajstić information content (AvgIpc) is 2.80. The minimum Gasteiger partial charge on any atom is -0.351 e. The molecule has 1 N–H and O–H groups in total. The first-order valence-corrected chi connectivity index (χ1v) is 7.85. The number of nitrogens with one attached hydrogen (secondary N) is 1. The van der Waals surface area contributed by atoms with Crippen LogP contribution in [0.1, 0.15) is 43.9 Å². The molecule has 1 aliphatic rings. The molecule has 1 aromatic carbocycles. The van der Waals surface area contributed by atoms with Gasteiger partial charge >= 0.3 is 0 Å². The lowest BCUT2D eigenvalue weighted by Gasteiger charge is -2.23. The summed E-state index contributed by atoms with van der Waals surface area (Å²) in [6.45, 7) is 13.2. The predicted molar refractivity (Wildman–Crippen MR) is 87.2 cm³/mol. The summed E-state index contributed by atoms with van der Waals surface area (Å²) in [5.41, 5.74) is 3.88. The first kappa shape index (κ1) is 16.0. The van der Waals surface area contributed by atoms with Crippen LogP contribution in [0.2, 0.25) is 0 Å². The summed E-state index contributed by atoms with van der Waals surface area (Å²) < 4.78 is 0. The molecule has 0 saturated carbocycles. The Kier molecular flexibility index (Phi) is 4.72. The Hall–Kier alpha value is -1.35. The highest BCUT2D eigenvalue weighted by atomic mass is 16.2. The van der Waals surface area contributed by atoms with Gasteiger partial charge in [0.05, 0.1) is 5.92 Å². The monoisotopic (exact) mass is 288 g/mol. The number of likely N-dealkylation sites (tertiary alicyclic amines) is 1. The third kappa shape index (κ3) is 4.57. The summed E-state index contributed by atoms with van der Waals surface area (Å²) in [4.78, 5) is 14.6. The summed E-state index contributed by atoms with van der Waals surface area (Å²) in [5.74, 6) is 0.334. The van der Waals surface area contributed by atoms with Gasteiger partial charge in [-0.3, -0.25) is 9.69 Å². The van der Waals surface area contributed by atoms with Crippen LogP contribution in [0.4, 0.5) is 0 Å². The zero-order valence-electron chi connectivity index (χ0n) is 14.0. The molecule has 0 radical (unpaired) electrons. The smallest absolute Gasteiger partial charge is 0.224 e. The fourth-order valence-electron chi connectivity index (χ4n) is 2.87. The van der Waals surface area contributed by atoms with Crippen LogP contribution in [0.5, 0.6) is 0 Å². The van der Waals surface area contributed by atoms with Crippen molar-refractivity contribution in [2.24, 2.45) is 5.92 Å². The van der Waals surface area contributed by atoms with Gasteiger partial charge in [-0.25, -0.2) is 0 Å². The number of benzene rings is 1. The SMILES string of the molecule is Cc1ccc(C)c(CN2CCC(C(=O)NC(C)(C)C)C2)c1. The Morgan fingerprint density at radius 2 is 2.05 bits per heavy atom.